The fourth-order valence-corrected chi connectivity index (χ4v) is 2.00. The van der Waals surface area contributed by atoms with E-state index in [1.165, 1.54) is 18.2 Å². The minimum atomic E-state index is -0.475. The van der Waals surface area contributed by atoms with Crippen LogP contribution in [0.4, 0.5) is 15.8 Å². The average Bonchev–Trinajstić information content (AvgIpc) is 2.38. The van der Waals surface area contributed by atoms with Crippen molar-refractivity contribution in [1.82, 2.24) is 4.90 Å². The Labute approximate surface area is 120 Å². The first-order valence-corrected chi connectivity index (χ1v) is 6.99. The van der Waals surface area contributed by atoms with Gasteiger partial charge < -0.3 is 16.0 Å². The van der Waals surface area contributed by atoms with E-state index < -0.39 is 5.82 Å². The predicted octanol–water partition coefficient (Wildman–Crippen LogP) is 2.71. The minimum Gasteiger partial charge on any atom is -0.396 e. The van der Waals surface area contributed by atoms with E-state index >= 15 is 0 Å². The maximum atomic E-state index is 13.0. The van der Waals surface area contributed by atoms with E-state index in [1.807, 2.05) is 0 Å². The number of carbonyl (C=O) groups is 1. The second-order valence-electron chi connectivity index (χ2n) is 5.32. The molecule has 0 fully saturated rings. The third-order valence-corrected chi connectivity index (χ3v) is 3.01. The molecular weight excluding hydrogens is 257 g/mol. The minimum absolute atomic E-state index is 0.0396. The lowest BCUT2D eigenvalue weighted by Crippen LogP contribution is -2.31. The fraction of sp³-hybridized carbons (Fsp3) is 0.533. The molecule has 0 aliphatic heterocycles. The van der Waals surface area contributed by atoms with Crippen molar-refractivity contribution in [2.24, 2.45) is 5.92 Å². The number of nitrogens with zero attached hydrogens (tertiary/aromatic N) is 1. The fourth-order valence-electron chi connectivity index (χ4n) is 2.00. The van der Waals surface area contributed by atoms with Crippen molar-refractivity contribution in [2.45, 2.75) is 27.2 Å². The summed E-state index contributed by atoms with van der Waals surface area (Å²) in [6, 6.07) is 4.19. The number of amides is 1. The van der Waals surface area contributed by atoms with E-state index in [2.05, 4.69) is 31.0 Å². The van der Waals surface area contributed by atoms with Gasteiger partial charge in [0.15, 0.2) is 0 Å². The molecule has 0 saturated carbocycles. The molecule has 0 heterocycles. The van der Waals surface area contributed by atoms with Gasteiger partial charge in [-0.1, -0.05) is 20.8 Å². The monoisotopic (exact) mass is 281 g/mol. The van der Waals surface area contributed by atoms with E-state index in [0.717, 1.165) is 19.6 Å². The highest BCUT2D eigenvalue weighted by Crippen LogP contribution is 2.16. The van der Waals surface area contributed by atoms with Crippen LogP contribution in [-0.4, -0.2) is 30.4 Å². The van der Waals surface area contributed by atoms with Crippen molar-refractivity contribution in [2.75, 3.05) is 30.7 Å². The molecule has 1 rings (SSSR count). The molecule has 0 radical (unpaired) electrons. The molecule has 5 heteroatoms. The number of nitrogen functional groups attached to an aromatic ring is 1. The molecule has 0 spiro atoms. The standard InChI is InChI=1S/C15H24FN3O/c1-4-19(10-11(2)3)8-7-15(20)18-12-5-6-13(16)14(17)9-12/h5-6,9,11H,4,7-8,10,17H2,1-3H3,(H,18,20). The zero-order valence-electron chi connectivity index (χ0n) is 12.4. The van der Waals surface area contributed by atoms with Gasteiger partial charge in [0.2, 0.25) is 5.91 Å². The lowest BCUT2D eigenvalue weighted by Gasteiger charge is -2.22. The summed E-state index contributed by atoms with van der Waals surface area (Å²) in [6.45, 7) is 9.02. The Morgan fingerprint density at radius 1 is 1.45 bits per heavy atom. The van der Waals surface area contributed by atoms with Crippen molar-refractivity contribution in [3.63, 3.8) is 0 Å². The summed E-state index contributed by atoms with van der Waals surface area (Å²) in [5.74, 6) is 0.0187. The lowest BCUT2D eigenvalue weighted by molar-refractivity contribution is -0.116. The zero-order valence-corrected chi connectivity index (χ0v) is 12.4. The average molecular weight is 281 g/mol. The van der Waals surface area contributed by atoms with Crippen LogP contribution < -0.4 is 11.1 Å². The zero-order chi connectivity index (χ0) is 15.1. The van der Waals surface area contributed by atoms with E-state index in [1.54, 1.807) is 0 Å². The summed E-state index contributed by atoms with van der Waals surface area (Å²) in [5, 5.41) is 2.73. The highest BCUT2D eigenvalue weighted by atomic mass is 19.1. The first kappa shape index (κ1) is 16.4. The van der Waals surface area contributed by atoms with Crippen LogP contribution in [0.15, 0.2) is 18.2 Å². The Morgan fingerprint density at radius 2 is 2.15 bits per heavy atom. The van der Waals surface area contributed by atoms with Crippen LogP contribution in [0.1, 0.15) is 27.2 Å². The van der Waals surface area contributed by atoms with Gasteiger partial charge in [0.05, 0.1) is 5.69 Å². The second kappa shape index (κ2) is 7.85. The van der Waals surface area contributed by atoms with E-state index in [9.17, 15) is 9.18 Å². The van der Waals surface area contributed by atoms with Crippen LogP contribution >= 0.6 is 0 Å². The van der Waals surface area contributed by atoms with Gasteiger partial charge in [-0.3, -0.25) is 4.79 Å². The van der Waals surface area contributed by atoms with Gasteiger partial charge in [0.25, 0.3) is 0 Å². The SMILES string of the molecule is CCN(CCC(=O)Nc1ccc(F)c(N)c1)CC(C)C. The summed E-state index contributed by atoms with van der Waals surface area (Å²) in [7, 11) is 0. The van der Waals surface area contributed by atoms with Gasteiger partial charge in [-0.25, -0.2) is 4.39 Å². The lowest BCUT2D eigenvalue weighted by atomic mass is 10.2. The molecule has 0 bridgehead atoms. The van der Waals surface area contributed by atoms with Crippen molar-refractivity contribution >= 4 is 17.3 Å². The molecule has 4 nitrogen and oxygen atoms in total. The van der Waals surface area contributed by atoms with E-state index in [4.69, 9.17) is 5.73 Å². The summed E-state index contributed by atoms with van der Waals surface area (Å²) < 4.78 is 13.0. The normalized spacial score (nSPS) is 11.1. The third kappa shape index (κ3) is 5.57. The largest absolute Gasteiger partial charge is 0.396 e. The Bertz CT molecular complexity index is 449. The Hall–Kier alpha value is -1.62. The molecule has 0 unspecified atom stereocenters. The number of halogens is 1. The first-order valence-electron chi connectivity index (χ1n) is 6.99. The van der Waals surface area contributed by atoms with Gasteiger partial charge in [0.1, 0.15) is 5.82 Å². The number of nitrogens with one attached hydrogen (secondary N) is 1. The Morgan fingerprint density at radius 3 is 2.70 bits per heavy atom. The molecule has 1 amide bonds. The van der Waals surface area contributed by atoms with Crippen molar-refractivity contribution in [1.29, 1.82) is 0 Å². The van der Waals surface area contributed by atoms with E-state index in [0.29, 0.717) is 18.0 Å². The topological polar surface area (TPSA) is 58.4 Å². The number of nitrogens with two attached hydrogens (primary N) is 1. The Balaban J connectivity index is 2.44. The Kier molecular flexibility index (Phi) is 6.45. The first-order chi connectivity index (χ1) is 9.42. The molecule has 0 aromatic heterocycles. The quantitative estimate of drug-likeness (QED) is 0.756. The summed E-state index contributed by atoms with van der Waals surface area (Å²) in [6.07, 6.45) is 0.415. The second-order valence-corrected chi connectivity index (χ2v) is 5.32. The van der Waals surface area contributed by atoms with Crippen LogP contribution in [-0.2, 0) is 4.79 Å². The molecule has 3 N–H and O–H groups in total. The van der Waals surface area contributed by atoms with Crippen molar-refractivity contribution in [3.05, 3.63) is 24.0 Å². The molecule has 0 aliphatic carbocycles. The molecule has 1 aromatic rings. The van der Waals surface area contributed by atoms with Crippen LogP contribution in [0.3, 0.4) is 0 Å². The molecule has 0 atom stereocenters. The van der Waals surface area contributed by atoms with Gasteiger partial charge >= 0.3 is 0 Å². The number of hydrogen-bond donors (Lipinski definition) is 2. The van der Waals surface area contributed by atoms with Gasteiger partial charge in [0, 0.05) is 25.2 Å². The predicted molar refractivity (Wildman–Crippen MR) is 81.0 cm³/mol. The van der Waals surface area contributed by atoms with Crippen LogP contribution in [0.5, 0.6) is 0 Å². The number of benzene rings is 1. The maximum Gasteiger partial charge on any atom is 0.225 e. The van der Waals surface area contributed by atoms with Gasteiger partial charge in [-0.15, -0.1) is 0 Å². The highest BCUT2D eigenvalue weighted by Gasteiger charge is 2.09. The van der Waals surface area contributed by atoms with Gasteiger partial charge in [-0.05, 0) is 30.7 Å². The van der Waals surface area contributed by atoms with Crippen LogP contribution in [0.2, 0.25) is 0 Å². The number of anilines is 2. The van der Waals surface area contributed by atoms with Crippen molar-refractivity contribution < 1.29 is 9.18 Å². The molecule has 0 saturated heterocycles. The molecular formula is C15H24FN3O. The van der Waals surface area contributed by atoms with Crippen molar-refractivity contribution in [3.8, 4) is 0 Å². The van der Waals surface area contributed by atoms with Crippen LogP contribution in [0.25, 0.3) is 0 Å². The molecule has 1 aromatic carbocycles. The number of hydrogen-bond acceptors (Lipinski definition) is 3. The highest BCUT2D eigenvalue weighted by molar-refractivity contribution is 5.91. The summed E-state index contributed by atoms with van der Waals surface area (Å²) in [4.78, 5) is 14.1. The maximum absolute atomic E-state index is 13.0. The third-order valence-electron chi connectivity index (χ3n) is 3.01. The van der Waals surface area contributed by atoms with Gasteiger partial charge in [-0.2, -0.15) is 0 Å². The molecule has 112 valence electrons. The smallest absolute Gasteiger partial charge is 0.225 e. The summed E-state index contributed by atoms with van der Waals surface area (Å²) in [5.41, 5.74) is 6.03. The summed E-state index contributed by atoms with van der Waals surface area (Å²) >= 11 is 0. The van der Waals surface area contributed by atoms with E-state index in [-0.39, 0.29) is 11.6 Å². The molecule has 0 aliphatic rings. The molecule has 20 heavy (non-hydrogen) atoms. The number of carbonyl (C=O) groups excluding carboxylic acids is 1. The van der Waals surface area contributed by atoms with Crippen LogP contribution in [0, 0.1) is 11.7 Å². The number of rotatable bonds is 7.